The summed E-state index contributed by atoms with van der Waals surface area (Å²) in [5, 5.41) is 7.49. The van der Waals surface area contributed by atoms with Gasteiger partial charge in [0.05, 0.1) is 18.7 Å². The highest BCUT2D eigenvalue weighted by Crippen LogP contribution is 2.19. The molecule has 0 fully saturated rings. The van der Waals surface area contributed by atoms with Crippen LogP contribution in [-0.4, -0.2) is 40.1 Å². The van der Waals surface area contributed by atoms with E-state index in [1.54, 1.807) is 7.05 Å². The molecule has 6 heteroatoms. The average Bonchev–Trinajstić information content (AvgIpc) is 2.85. The Labute approximate surface area is 167 Å². The number of benzene rings is 1. The normalized spacial score (nSPS) is 11.0. The summed E-state index contributed by atoms with van der Waals surface area (Å²) in [5.74, 6) is 0.196. The third kappa shape index (κ3) is 5.21. The van der Waals surface area contributed by atoms with Crippen LogP contribution in [0.3, 0.4) is 0 Å². The van der Waals surface area contributed by atoms with Crippen LogP contribution in [0, 0.1) is 33.6 Å². The average molecular weight is 385 g/mol. The molecule has 0 aliphatic rings. The lowest BCUT2D eigenvalue weighted by molar-refractivity contribution is -0.132. The highest BCUT2D eigenvalue weighted by atomic mass is 16.2. The minimum Gasteiger partial charge on any atom is -0.336 e. The van der Waals surface area contributed by atoms with Crippen LogP contribution in [0.2, 0.25) is 0 Å². The van der Waals surface area contributed by atoms with E-state index in [0.29, 0.717) is 5.92 Å². The van der Waals surface area contributed by atoms with Crippen LogP contribution in [-0.2, 0) is 22.6 Å². The van der Waals surface area contributed by atoms with E-state index >= 15 is 0 Å². The molecule has 0 unspecified atom stereocenters. The molecule has 152 valence electrons. The highest BCUT2D eigenvalue weighted by molar-refractivity contribution is 5.95. The Balaban J connectivity index is 2.01. The number of nitrogens with one attached hydrogen (secondary N) is 1. The van der Waals surface area contributed by atoms with Gasteiger partial charge in [-0.25, -0.2) is 0 Å². The minimum absolute atomic E-state index is 0.0187. The zero-order chi connectivity index (χ0) is 21.0. The van der Waals surface area contributed by atoms with Gasteiger partial charge in [-0.3, -0.25) is 14.3 Å². The van der Waals surface area contributed by atoms with E-state index in [2.05, 4.69) is 24.3 Å². The zero-order valence-electron chi connectivity index (χ0n) is 18.1. The number of likely N-dealkylation sites (N-methyl/N-ethyl adjacent to an activating group) is 1. The van der Waals surface area contributed by atoms with Crippen LogP contribution in [0.15, 0.2) is 18.2 Å². The zero-order valence-corrected chi connectivity index (χ0v) is 18.1. The maximum Gasteiger partial charge on any atom is 0.243 e. The molecule has 2 amide bonds. The Morgan fingerprint density at radius 3 is 2.32 bits per heavy atom. The first-order chi connectivity index (χ1) is 13.1. The first kappa shape index (κ1) is 21.7. The molecule has 0 radical (unpaired) electrons. The Kier molecular flexibility index (Phi) is 7.00. The summed E-state index contributed by atoms with van der Waals surface area (Å²) in [6.07, 6.45) is 0.253. The van der Waals surface area contributed by atoms with Gasteiger partial charge in [-0.2, -0.15) is 5.10 Å². The van der Waals surface area contributed by atoms with E-state index in [0.717, 1.165) is 40.3 Å². The number of amides is 2. The summed E-state index contributed by atoms with van der Waals surface area (Å²) in [6.45, 7) is 13.0. The lowest BCUT2D eigenvalue weighted by atomic mass is 10.1. The molecular formula is C22H32N4O2. The molecule has 1 heterocycles. The van der Waals surface area contributed by atoms with Crippen molar-refractivity contribution in [1.29, 1.82) is 0 Å². The number of aromatic nitrogens is 2. The van der Waals surface area contributed by atoms with Gasteiger partial charge in [0.1, 0.15) is 0 Å². The number of para-hydroxylation sites is 1. The summed E-state index contributed by atoms with van der Waals surface area (Å²) in [7, 11) is 1.66. The number of carbonyl (C=O) groups is 2. The highest BCUT2D eigenvalue weighted by Gasteiger charge is 2.19. The topological polar surface area (TPSA) is 67.2 Å². The van der Waals surface area contributed by atoms with E-state index in [9.17, 15) is 9.59 Å². The largest absolute Gasteiger partial charge is 0.336 e. The summed E-state index contributed by atoms with van der Waals surface area (Å²) in [5.41, 5.74) is 5.67. The van der Waals surface area contributed by atoms with Crippen molar-refractivity contribution in [3.63, 3.8) is 0 Å². The van der Waals surface area contributed by atoms with Crippen molar-refractivity contribution in [2.45, 2.75) is 54.5 Å². The summed E-state index contributed by atoms with van der Waals surface area (Å²) in [6, 6.07) is 5.87. The summed E-state index contributed by atoms with van der Waals surface area (Å²) >= 11 is 0. The van der Waals surface area contributed by atoms with E-state index in [4.69, 9.17) is 0 Å². The third-order valence-corrected chi connectivity index (χ3v) is 4.95. The molecule has 0 saturated heterocycles. The maximum atomic E-state index is 12.7. The second-order valence-electron chi connectivity index (χ2n) is 7.97. The van der Waals surface area contributed by atoms with Crippen molar-refractivity contribution in [1.82, 2.24) is 14.7 Å². The molecule has 6 nitrogen and oxygen atoms in total. The van der Waals surface area contributed by atoms with Crippen LogP contribution in [0.4, 0.5) is 5.69 Å². The molecule has 0 aliphatic carbocycles. The predicted octanol–water partition coefficient (Wildman–Crippen LogP) is 3.41. The molecular weight excluding hydrogens is 352 g/mol. The van der Waals surface area contributed by atoms with Gasteiger partial charge in [0, 0.05) is 30.5 Å². The number of anilines is 1. The van der Waals surface area contributed by atoms with Gasteiger partial charge in [0.2, 0.25) is 11.8 Å². The quantitative estimate of drug-likeness (QED) is 0.795. The Hall–Kier alpha value is -2.63. The van der Waals surface area contributed by atoms with Crippen molar-refractivity contribution >= 4 is 17.5 Å². The van der Waals surface area contributed by atoms with Gasteiger partial charge in [-0.05, 0) is 44.7 Å². The van der Waals surface area contributed by atoms with Crippen molar-refractivity contribution in [3.8, 4) is 0 Å². The number of carbonyl (C=O) groups excluding carboxylic acids is 2. The van der Waals surface area contributed by atoms with Crippen LogP contribution in [0.1, 0.15) is 41.9 Å². The standard InChI is InChI=1S/C22H32N4O2/c1-14(2)12-26-18(6)19(17(5)24-26)11-21(28)25(7)13-20(27)23-22-15(3)9-8-10-16(22)4/h8-10,14H,11-13H2,1-7H3,(H,23,27). The maximum absolute atomic E-state index is 12.7. The fraction of sp³-hybridized carbons (Fsp3) is 0.500. The number of hydrogen-bond donors (Lipinski definition) is 1. The van der Waals surface area contributed by atoms with E-state index < -0.39 is 0 Å². The first-order valence-electron chi connectivity index (χ1n) is 9.73. The van der Waals surface area contributed by atoms with Crippen LogP contribution in [0.5, 0.6) is 0 Å². The van der Waals surface area contributed by atoms with Gasteiger partial charge >= 0.3 is 0 Å². The van der Waals surface area contributed by atoms with Crippen molar-refractivity contribution in [2.75, 3.05) is 18.9 Å². The molecule has 0 aliphatic heterocycles. The monoisotopic (exact) mass is 384 g/mol. The predicted molar refractivity (Wildman–Crippen MR) is 112 cm³/mol. The fourth-order valence-electron chi connectivity index (χ4n) is 3.29. The number of nitrogens with zero attached hydrogens (tertiary/aromatic N) is 3. The van der Waals surface area contributed by atoms with Crippen LogP contribution in [0.25, 0.3) is 0 Å². The smallest absolute Gasteiger partial charge is 0.243 e. The lowest BCUT2D eigenvalue weighted by Gasteiger charge is -2.18. The van der Waals surface area contributed by atoms with E-state index in [1.807, 2.05) is 50.6 Å². The van der Waals surface area contributed by atoms with Gasteiger partial charge in [0.25, 0.3) is 0 Å². The molecule has 1 N–H and O–H groups in total. The number of hydrogen-bond acceptors (Lipinski definition) is 3. The third-order valence-electron chi connectivity index (χ3n) is 4.95. The Morgan fingerprint density at radius 1 is 1.14 bits per heavy atom. The van der Waals surface area contributed by atoms with Gasteiger partial charge in [0.15, 0.2) is 0 Å². The van der Waals surface area contributed by atoms with E-state index in [-0.39, 0.29) is 24.8 Å². The van der Waals surface area contributed by atoms with Crippen molar-refractivity contribution in [2.24, 2.45) is 5.92 Å². The van der Waals surface area contributed by atoms with Gasteiger partial charge in [-0.15, -0.1) is 0 Å². The molecule has 1 aromatic carbocycles. The molecule has 1 aromatic heterocycles. The summed E-state index contributed by atoms with van der Waals surface area (Å²) < 4.78 is 1.97. The fourth-order valence-corrected chi connectivity index (χ4v) is 3.29. The van der Waals surface area contributed by atoms with Crippen molar-refractivity contribution < 1.29 is 9.59 Å². The lowest BCUT2D eigenvalue weighted by Crippen LogP contribution is -2.36. The molecule has 0 bridgehead atoms. The van der Waals surface area contributed by atoms with Crippen LogP contribution >= 0.6 is 0 Å². The van der Waals surface area contributed by atoms with Gasteiger partial charge in [-0.1, -0.05) is 32.0 Å². The number of rotatable bonds is 7. The first-order valence-corrected chi connectivity index (χ1v) is 9.73. The molecule has 2 aromatic rings. The molecule has 0 spiro atoms. The molecule has 0 saturated carbocycles. The second kappa shape index (κ2) is 9.04. The van der Waals surface area contributed by atoms with Crippen molar-refractivity contribution in [3.05, 3.63) is 46.3 Å². The SMILES string of the molecule is Cc1cccc(C)c1NC(=O)CN(C)C(=O)Cc1c(C)nn(CC(C)C)c1C. The van der Waals surface area contributed by atoms with E-state index in [1.165, 1.54) is 4.90 Å². The number of aryl methyl sites for hydroxylation is 3. The van der Waals surface area contributed by atoms with Crippen LogP contribution < -0.4 is 5.32 Å². The Bertz CT molecular complexity index is 847. The molecule has 2 rings (SSSR count). The van der Waals surface area contributed by atoms with Gasteiger partial charge < -0.3 is 10.2 Å². The summed E-state index contributed by atoms with van der Waals surface area (Å²) in [4.78, 5) is 26.6. The Morgan fingerprint density at radius 2 is 1.75 bits per heavy atom. The minimum atomic E-state index is -0.197. The molecule has 28 heavy (non-hydrogen) atoms. The molecule has 0 atom stereocenters. The second-order valence-corrected chi connectivity index (χ2v) is 7.97.